The molecule has 1 amide bonds. The summed E-state index contributed by atoms with van der Waals surface area (Å²) in [6.45, 7) is 3.83. The molecule has 0 spiro atoms. The number of ketones is 1. The highest BCUT2D eigenvalue weighted by Crippen LogP contribution is 2.60. The highest BCUT2D eigenvalue weighted by Gasteiger charge is 2.65. The molecule has 3 nitrogen and oxygen atoms in total. The average molecular weight is 275 g/mol. The van der Waals surface area contributed by atoms with E-state index in [1.807, 2.05) is 13.8 Å². The molecule has 1 aromatic rings. The summed E-state index contributed by atoms with van der Waals surface area (Å²) < 4.78 is 13.6. The van der Waals surface area contributed by atoms with Crippen molar-refractivity contribution < 1.29 is 14.0 Å². The predicted molar refractivity (Wildman–Crippen MR) is 73.6 cm³/mol. The lowest BCUT2D eigenvalue weighted by Crippen LogP contribution is -2.44. The quantitative estimate of drug-likeness (QED) is 0.843. The Bertz CT molecular complexity index is 596. The topological polar surface area (TPSA) is 46.2 Å². The van der Waals surface area contributed by atoms with Crippen LogP contribution in [0.15, 0.2) is 24.3 Å². The Morgan fingerprint density at radius 2 is 2.05 bits per heavy atom. The van der Waals surface area contributed by atoms with Crippen molar-refractivity contribution in [1.82, 2.24) is 0 Å². The van der Waals surface area contributed by atoms with Crippen LogP contribution < -0.4 is 5.32 Å². The molecule has 0 aromatic heterocycles. The number of hydrogen-bond acceptors (Lipinski definition) is 2. The monoisotopic (exact) mass is 275 g/mol. The number of anilines is 1. The Morgan fingerprint density at radius 3 is 2.65 bits per heavy atom. The summed E-state index contributed by atoms with van der Waals surface area (Å²) in [6.07, 6.45) is 2.07. The highest BCUT2D eigenvalue weighted by atomic mass is 19.1. The number of benzene rings is 1. The second kappa shape index (κ2) is 4.14. The molecular formula is C16H18FNO2. The number of para-hydroxylation sites is 1. The maximum Gasteiger partial charge on any atom is 0.238 e. The summed E-state index contributed by atoms with van der Waals surface area (Å²) in [5, 5.41) is 2.60. The molecule has 1 N–H and O–H groups in total. The van der Waals surface area contributed by atoms with Gasteiger partial charge in [0, 0.05) is 5.41 Å². The van der Waals surface area contributed by atoms with Crippen molar-refractivity contribution in [2.24, 2.45) is 16.7 Å². The summed E-state index contributed by atoms with van der Waals surface area (Å²) >= 11 is 0. The number of amides is 1. The molecule has 2 atom stereocenters. The van der Waals surface area contributed by atoms with Gasteiger partial charge in [-0.25, -0.2) is 4.39 Å². The Hall–Kier alpha value is -1.71. The standard InChI is InChI=1S/C16H18FNO2/c1-15(2)10-7-8-16(9-10,13(15)19)14(20)18-12-6-4-3-5-11(12)17/h3-6,10H,7-9H2,1-2H3,(H,18,20)/t10-,16-/m0/s1. The van der Waals surface area contributed by atoms with Crippen LogP contribution in [0.2, 0.25) is 0 Å². The van der Waals surface area contributed by atoms with Gasteiger partial charge >= 0.3 is 0 Å². The highest BCUT2D eigenvalue weighted by molar-refractivity contribution is 6.15. The lowest BCUT2D eigenvalue weighted by atomic mass is 9.70. The third kappa shape index (κ3) is 1.63. The van der Waals surface area contributed by atoms with Gasteiger partial charge in [-0.05, 0) is 37.3 Å². The van der Waals surface area contributed by atoms with Gasteiger partial charge in [0.2, 0.25) is 5.91 Å². The molecule has 106 valence electrons. The van der Waals surface area contributed by atoms with E-state index in [-0.39, 0.29) is 23.3 Å². The van der Waals surface area contributed by atoms with Crippen LogP contribution in [0.4, 0.5) is 10.1 Å². The third-order valence-corrected chi connectivity index (χ3v) is 5.11. The molecule has 2 saturated carbocycles. The van der Waals surface area contributed by atoms with Crippen LogP contribution in [-0.4, -0.2) is 11.7 Å². The first-order valence-corrected chi connectivity index (χ1v) is 6.99. The van der Waals surface area contributed by atoms with Gasteiger partial charge in [0.25, 0.3) is 0 Å². The number of fused-ring (bicyclic) bond motifs is 2. The van der Waals surface area contributed by atoms with Crippen LogP contribution in [-0.2, 0) is 9.59 Å². The fourth-order valence-corrected chi connectivity index (χ4v) is 3.78. The van der Waals surface area contributed by atoms with Crippen molar-refractivity contribution in [2.75, 3.05) is 5.32 Å². The number of carbonyl (C=O) groups is 2. The molecule has 0 saturated heterocycles. The fourth-order valence-electron chi connectivity index (χ4n) is 3.78. The number of nitrogens with one attached hydrogen (secondary N) is 1. The summed E-state index contributed by atoms with van der Waals surface area (Å²) in [5.41, 5.74) is -1.24. The van der Waals surface area contributed by atoms with E-state index in [0.29, 0.717) is 12.8 Å². The zero-order valence-corrected chi connectivity index (χ0v) is 11.7. The smallest absolute Gasteiger partial charge is 0.238 e. The van der Waals surface area contributed by atoms with Gasteiger partial charge in [-0.15, -0.1) is 0 Å². The Balaban J connectivity index is 1.89. The van der Waals surface area contributed by atoms with E-state index >= 15 is 0 Å². The van der Waals surface area contributed by atoms with Gasteiger partial charge in [-0.1, -0.05) is 26.0 Å². The number of carbonyl (C=O) groups excluding carboxylic acids is 2. The second-order valence-electron chi connectivity index (χ2n) is 6.51. The van der Waals surface area contributed by atoms with Crippen molar-refractivity contribution in [3.8, 4) is 0 Å². The van der Waals surface area contributed by atoms with Gasteiger partial charge in [0.1, 0.15) is 11.2 Å². The lowest BCUT2D eigenvalue weighted by Gasteiger charge is -2.32. The maximum absolute atomic E-state index is 13.6. The number of Topliss-reactive ketones (excluding diaryl/α,β-unsaturated/α-hetero) is 1. The zero-order valence-electron chi connectivity index (χ0n) is 11.7. The molecule has 0 heterocycles. The van der Waals surface area contributed by atoms with E-state index in [0.717, 1.165) is 6.42 Å². The van der Waals surface area contributed by atoms with Crippen molar-refractivity contribution in [2.45, 2.75) is 33.1 Å². The normalized spacial score (nSPS) is 30.6. The molecule has 3 rings (SSSR count). The fraction of sp³-hybridized carbons (Fsp3) is 0.500. The van der Waals surface area contributed by atoms with Gasteiger partial charge in [-0.3, -0.25) is 9.59 Å². The minimum atomic E-state index is -0.948. The molecule has 2 fully saturated rings. The lowest BCUT2D eigenvalue weighted by molar-refractivity contribution is -0.142. The van der Waals surface area contributed by atoms with Crippen LogP contribution in [0.25, 0.3) is 0 Å². The van der Waals surface area contributed by atoms with E-state index in [9.17, 15) is 14.0 Å². The first-order valence-electron chi connectivity index (χ1n) is 6.99. The van der Waals surface area contributed by atoms with E-state index in [4.69, 9.17) is 0 Å². The van der Waals surface area contributed by atoms with Gasteiger partial charge in [0.15, 0.2) is 5.78 Å². The van der Waals surface area contributed by atoms with Crippen molar-refractivity contribution >= 4 is 17.4 Å². The molecule has 2 aliphatic carbocycles. The SMILES string of the molecule is CC1(C)C(=O)[C@]2(C(=O)Nc3ccccc3F)CC[C@H]1C2. The van der Waals surface area contributed by atoms with E-state index in [1.165, 1.54) is 12.1 Å². The van der Waals surface area contributed by atoms with Crippen LogP contribution in [0.3, 0.4) is 0 Å². The molecule has 4 heteroatoms. The molecule has 2 bridgehead atoms. The van der Waals surface area contributed by atoms with Crippen molar-refractivity contribution in [3.05, 3.63) is 30.1 Å². The van der Waals surface area contributed by atoms with Crippen LogP contribution in [0.5, 0.6) is 0 Å². The van der Waals surface area contributed by atoms with Gasteiger partial charge in [-0.2, -0.15) is 0 Å². The third-order valence-electron chi connectivity index (χ3n) is 5.11. The molecule has 0 unspecified atom stereocenters. The van der Waals surface area contributed by atoms with Crippen LogP contribution in [0, 0.1) is 22.6 Å². The molecule has 1 aromatic carbocycles. The zero-order chi connectivity index (χ0) is 14.5. The van der Waals surface area contributed by atoms with E-state index < -0.39 is 16.6 Å². The van der Waals surface area contributed by atoms with Gasteiger partial charge < -0.3 is 5.32 Å². The first-order chi connectivity index (χ1) is 9.38. The Labute approximate surface area is 117 Å². The summed E-state index contributed by atoms with van der Waals surface area (Å²) in [6, 6.07) is 6.04. The number of rotatable bonds is 2. The predicted octanol–water partition coefficient (Wildman–Crippen LogP) is 3.16. The minimum Gasteiger partial charge on any atom is -0.323 e. The largest absolute Gasteiger partial charge is 0.323 e. The molecule has 20 heavy (non-hydrogen) atoms. The van der Waals surface area contributed by atoms with E-state index in [1.54, 1.807) is 12.1 Å². The number of hydrogen-bond donors (Lipinski definition) is 1. The molecular weight excluding hydrogens is 257 g/mol. The molecule has 0 radical (unpaired) electrons. The maximum atomic E-state index is 13.6. The van der Waals surface area contributed by atoms with Gasteiger partial charge in [0.05, 0.1) is 5.69 Å². The molecule has 0 aliphatic heterocycles. The summed E-state index contributed by atoms with van der Waals surface area (Å²) in [5.74, 6) is -0.548. The second-order valence-corrected chi connectivity index (χ2v) is 6.51. The van der Waals surface area contributed by atoms with E-state index in [2.05, 4.69) is 5.32 Å². The van der Waals surface area contributed by atoms with Crippen molar-refractivity contribution in [1.29, 1.82) is 0 Å². The van der Waals surface area contributed by atoms with Crippen LogP contribution in [0.1, 0.15) is 33.1 Å². The van der Waals surface area contributed by atoms with Crippen LogP contribution >= 0.6 is 0 Å². The first kappa shape index (κ1) is 13.3. The van der Waals surface area contributed by atoms with Crippen molar-refractivity contribution in [3.63, 3.8) is 0 Å². The summed E-state index contributed by atoms with van der Waals surface area (Å²) in [4.78, 5) is 25.1. The Morgan fingerprint density at radius 1 is 1.35 bits per heavy atom. The minimum absolute atomic E-state index is 0.00934. The molecule has 2 aliphatic rings. The average Bonchev–Trinajstić information content (AvgIpc) is 2.93. The summed E-state index contributed by atoms with van der Waals surface area (Å²) in [7, 11) is 0. The Kier molecular flexibility index (Phi) is 2.75. The number of halogens is 1.